The van der Waals surface area contributed by atoms with Gasteiger partial charge in [0.25, 0.3) is 5.91 Å². The number of nitrogens with one attached hydrogen (secondary N) is 2. The quantitative estimate of drug-likeness (QED) is 0.475. The smallest absolute Gasteiger partial charge is 0.268 e. The molecular weight excluding hydrogens is 368 g/mol. The van der Waals surface area contributed by atoms with E-state index in [-0.39, 0.29) is 24.1 Å². The van der Waals surface area contributed by atoms with Crippen molar-refractivity contribution in [1.29, 1.82) is 0 Å². The van der Waals surface area contributed by atoms with Gasteiger partial charge in [0.05, 0.1) is 13.7 Å². The molecule has 0 spiro atoms. The molecule has 0 heterocycles. The standard InChI is InChI=1S/C23H28N2O4/c1-4-5-13-29-21-12-11-19(15-22(21)28-3)16-24-23(27)20(25-17(2)26)14-18-9-7-6-8-10-18/h6-12,14-15H,4-5,13,16H2,1-3H3,(H,24,27)(H,25,26)/b20-14-. The van der Waals surface area contributed by atoms with Gasteiger partial charge >= 0.3 is 0 Å². The minimum absolute atomic E-state index is 0.190. The van der Waals surface area contributed by atoms with Crippen LogP contribution in [0.2, 0.25) is 0 Å². The summed E-state index contributed by atoms with van der Waals surface area (Å²) < 4.78 is 11.1. The van der Waals surface area contributed by atoms with Gasteiger partial charge < -0.3 is 20.1 Å². The number of carbonyl (C=O) groups excluding carboxylic acids is 2. The molecule has 0 unspecified atom stereocenters. The fraction of sp³-hybridized carbons (Fsp3) is 0.304. The Morgan fingerprint density at radius 2 is 1.83 bits per heavy atom. The number of hydrogen-bond donors (Lipinski definition) is 2. The highest BCUT2D eigenvalue weighted by Gasteiger charge is 2.12. The van der Waals surface area contributed by atoms with Crippen LogP contribution < -0.4 is 20.1 Å². The van der Waals surface area contributed by atoms with Crippen LogP contribution in [0.25, 0.3) is 6.08 Å². The van der Waals surface area contributed by atoms with Crippen LogP contribution in [0.3, 0.4) is 0 Å². The number of carbonyl (C=O) groups is 2. The minimum atomic E-state index is -0.369. The van der Waals surface area contributed by atoms with Crippen molar-refractivity contribution in [2.45, 2.75) is 33.2 Å². The van der Waals surface area contributed by atoms with Crippen LogP contribution >= 0.6 is 0 Å². The van der Waals surface area contributed by atoms with Crippen molar-refractivity contribution in [3.05, 3.63) is 65.4 Å². The second-order valence-corrected chi connectivity index (χ2v) is 6.52. The van der Waals surface area contributed by atoms with Gasteiger partial charge in [0.2, 0.25) is 5.91 Å². The molecule has 2 aromatic rings. The van der Waals surface area contributed by atoms with Crippen molar-refractivity contribution in [1.82, 2.24) is 10.6 Å². The normalized spacial score (nSPS) is 10.9. The Labute approximate surface area is 171 Å². The second-order valence-electron chi connectivity index (χ2n) is 6.52. The van der Waals surface area contributed by atoms with E-state index >= 15 is 0 Å². The summed E-state index contributed by atoms with van der Waals surface area (Å²) in [7, 11) is 1.59. The zero-order chi connectivity index (χ0) is 21.1. The summed E-state index contributed by atoms with van der Waals surface area (Å²) >= 11 is 0. The van der Waals surface area contributed by atoms with Crippen molar-refractivity contribution in [2.75, 3.05) is 13.7 Å². The maximum atomic E-state index is 12.6. The molecule has 29 heavy (non-hydrogen) atoms. The first-order valence-electron chi connectivity index (χ1n) is 9.65. The molecule has 2 rings (SSSR count). The number of rotatable bonds is 10. The highest BCUT2D eigenvalue weighted by Crippen LogP contribution is 2.28. The van der Waals surface area contributed by atoms with Crippen molar-refractivity contribution < 1.29 is 19.1 Å². The summed E-state index contributed by atoms with van der Waals surface area (Å²) in [6.07, 6.45) is 3.67. The lowest BCUT2D eigenvalue weighted by atomic mass is 10.1. The Bertz CT molecular complexity index is 847. The van der Waals surface area contributed by atoms with Crippen LogP contribution in [-0.4, -0.2) is 25.5 Å². The molecule has 0 aliphatic heterocycles. The van der Waals surface area contributed by atoms with E-state index < -0.39 is 0 Å². The number of benzene rings is 2. The minimum Gasteiger partial charge on any atom is -0.493 e. The molecule has 0 bridgehead atoms. The van der Waals surface area contributed by atoms with E-state index in [9.17, 15) is 9.59 Å². The number of amides is 2. The summed E-state index contributed by atoms with van der Waals surface area (Å²) in [6, 6.07) is 14.9. The Balaban J connectivity index is 2.07. The van der Waals surface area contributed by atoms with Gasteiger partial charge in [-0.25, -0.2) is 0 Å². The highest BCUT2D eigenvalue weighted by molar-refractivity contribution is 6.00. The first-order valence-corrected chi connectivity index (χ1v) is 9.65. The van der Waals surface area contributed by atoms with Crippen molar-refractivity contribution in [2.24, 2.45) is 0 Å². The Kier molecular flexibility index (Phi) is 8.76. The van der Waals surface area contributed by atoms with Crippen LogP contribution in [0.1, 0.15) is 37.8 Å². The molecule has 0 radical (unpaired) electrons. The SMILES string of the molecule is CCCCOc1ccc(CNC(=O)/C(=C/c2ccccc2)NC(C)=O)cc1OC. The van der Waals surface area contributed by atoms with Crippen LogP contribution in [-0.2, 0) is 16.1 Å². The average molecular weight is 396 g/mol. The van der Waals surface area contributed by atoms with Gasteiger partial charge in [0.1, 0.15) is 5.70 Å². The number of ether oxygens (including phenoxy) is 2. The molecule has 154 valence electrons. The third-order valence-electron chi connectivity index (χ3n) is 4.10. The number of hydrogen-bond acceptors (Lipinski definition) is 4. The zero-order valence-electron chi connectivity index (χ0n) is 17.2. The molecular formula is C23H28N2O4. The van der Waals surface area contributed by atoms with Crippen molar-refractivity contribution >= 4 is 17.9 Å². The third kappa shape index (κ3) is 7.33. The largest absolute Gasteiger partial charge is 0.493 e. The van der Waals surface area contributed by atoms with Crippen molar-refractivity contribution in [3.8, 4) is 11.5 Å². The summed E-state index contributed by atoms with van der Waals surface area (Å²) in [4.78, 5) is 24.1. The summed E-state index contributed by atoms with van der Waals surface area (Å²) in [5, 5.41) is 5.42. The van der Waals surface area contributed by atoms with E-state index in [0.717, 1.165) is 24.0 Å². The average Bonchev–Trinajstić information content (AvgIpc) is 2.72. The Morgan fingerprint density at radius 1 is 1.07 bits per heavy atom. The van der Waals surface area contributed by atoms with E-state index in [2.05, 4.69) is 17.6 Å². The molecule has 2 aromatic carbocycles. The molecule has 2 N–H and O–H groups in total. The highest BCUT2D eigenvalue weighted by atomic mass is 16.5. The van der Waals surface area contributed by atoms with Gasteiger partial charge in [-0.05, 0) is 35.8 Å². The van der Waals surface area contributed by atoms with E-state index in [4.69, 9.17) is 9.47 Å². The van der Waals surface area contributed by atoms with Crippen LogP contribution in [0.5, 0.6) is 11.5 Å². The van der Waals surface area contributed by atoms with Crippen LogP contribution in [0, 0.1) is 0 Å². The summed E-state index contributed by atoms with van der Waals surface area (Å²) in [6.45, 7) is 4.39. The predicted molar refractivity (Wildman–Crippen MR) is 113 cm³/mol. The Morgan fingerprint density at radius 3 is 2.48 bits per heavy atom. The molecule has 0 saturated carbocycles. The maximum absolute atomic E-state index is 12.6. The summed E-state index contributed by atoms with van der Waals surface area (Å²) in [5.74, 6) is 0.623. The lowest BCUT2D eigenvalue weighted by Gasteiger charge is -2.13. The molecule has 0 atom stereocenters. The molecule has 0 fully saturated rings. The fourth-order valence-electron chi connectivity index (χ4n) is 2.61. The van der Waals surface area contributed by atoms with Gasteiger partial charge in [-0.15, -0.1) is 0 Å². The zero-order valence-corrected chi connectivity index (χ0v) is 17.2. The molecule has 0 aliphatic carbocycles. The maximum Gasteiger partial charge on any atom is 0.268 e. The third-order valence-corrected chi connectivity index (χ3v) is 4.10. The number of methoxy groups -OCH3 is 1. The van der Waals surface area contributed by atoms with Gasteiger partial charge in [-0.2, -0.15) is 0 Å². The predicted octanol–water partition coefficient (Wildman–Crippen LogP) is 3.67. The Hall–Kier alpha value is -3.28. The van der Waals surface area contributed by atoms with E-state index in [0.29, 0.717) is 18.1 Å². The first kappa shape index (κ1) is 22.0. The van der Waals surface area contributed by atoms with E-state index in [1.807, 2.05) is 48.5 Å². The lowest BCUT2D eigenvalue weighted by molar-refractivity contribution is -0.122. The van der Waals surface area contributed by atoms with Gasteiger partial charge in [0, 0.05) is 13.5 Å². The van der Waals surface area contributed by atoms with Gasteiger partial charge in [0.15, 0.2) is 11.5 Å². The molecule has 2 amide bonds. The second kappa shape index (κ2) is 11.5. The van der Waals surface area contributed by atoms with Gasteiger partial charge in [-0.3, -0.25) is 9.59 Å². The van der Waals surface area contributed by atoms with E-state index in [1.54, 1.807) is 13.2 Å². The lowest BCUT2D eigenvalue weighted by Crippen LogP contribution is -2.33. The number of unbranched alkanes of at least 4 members (excludes halogenated alkanes) is 1. The summed E-state index contributed by atoms with van der Waals surface area (Å²) in [5.41, 5.74) is 1.87. The van der Waals surface area contributed by atoms with Crippen LogP contribution in [0.4, 0.5) is 0 Å². The van der Waals surface area contributed by atoms with Gasteiger partial charge in [-0.1, -0.05) is 49.7 Å². The molecule has 0 aliphatic rings. The van der Waals surface area contributed by atoms with E-state index in [1.165, 1.54) is 6.92 Å². The topological polar surface area (TPSA) is 76.7 Å². The van der Waals surface area contributed by atoms with Crippen molar-refractivity contribution in [3.63, 3.8) is 0 Å². The van der Waals surface area contributed by atoms with Crippen LogP contribution in [0.15, 0.2) is 54.2 Å². The first-order chi connectivity index (χ1) is 14.0. The molecule has 6 heteroatoms. The molecule has 0 saturated heterocycles. The molecule has 0 aromatic heterocycles. The molecule has 6 nitrogen and oxygen atoms in total. The monoisotopic (exact) mass is 396 g/mol. The fourth-order valence-corrected chi connectivity index (χ4v) is 2.61.